The fourth-order valence-electron chi connectivity index (χ4n) is 2.91. The van der Waals surface area contributed by atoms with E-state index in [1.807, 2.05) is 6.33 Å². The van der Waals surface area contributed by atoms with Crippen LogP contribution >= 0.6 is 0 Å². The zero-order chi connectivity index (χ0) is 14.7. The van der Waals surface area contributed by atoms with Crippen LogP contribution in [-0.4, -0.2) is 25.4 Å². The van der Waals surface area contributed by atoms with Gasteiger partial charge in [-0.3, -0.25) is 4.68 Å². The number of aromatic nitrogens is 4. The maximum absolute atomic E-state index is 4.72. The van der Waals surface area contributed by atoms with Crippen LogP contribution in [0.25, 0.3) is 0 Å². The Morgan fingerprint density at radius 3 is 2.86 bits per heavy atom. The summed E-state index contributed by atoms with van der Waals surface area (Å²) >= 11 is 0. The first-order valence-electron chi connectivity index (χ1n) is 7.99. The molecule has 0 aromatic carbocycles. The Labute approximate surface area is 126 Å². The second-order valence-corrected chi connectivity index (χ2v) is 6.30. The Bertz CT molecular complexity index is 563. The topological polar surface area (TPSA) is 47.7 Å². The summed E-state index contributed by atoms with van der Waals surface area (Å²) < 4.78 is 4.26. The zero-order valence-corrected chi connectivity index (χ0v) is 13.0. The largest absolute Gasteiger partial charge is 0.331 e. The highest BCUT2D eigenvalue weighted by atomic mass is 15.3. The fourth-order valence-corrected chi connectivity index (χ4v) is 2.91. The van der Waals surface area contributed by atoms with Crippen LogP contribution < -0.4 is 5.32 Å². The summed E-state index contributed by atoms with van der Waals surface area (Å²) in [5, 5.41) is 8.11. The minimum Gasteiger partial charge on any atom is -0.331 e. The first-order chi connectivity index (χ1) is 10.2. The van der Waals surface area contributed by atoms with E-state index in [-0.39, 0.29) is 0 Å². The van der Waals surface area contributed by atoms with Gasteiger partial charge in [-0.15, -0.1) is 0 Å². The highest BCUT2D eigenvalue weighted by molar-refractivity contribution is 5.04. The van der Waals surface area contributed by atoms with Crippen molar-refractivity contribution in [3.63, 3.8) is 0 Å². The quantitative estimate of drug-likeness (QED) is 0.888. The lowest BCUT2D eigenvalue weighted by Crippen LogP contribution is -2.21. The van der Waals surface area contributed by atoms with E-state index < -0.39 is 0 Å². The van der Waals surface area contributed by atoms with Crippen molar-refractivity contribution in [2.45, 2.75) is 64.7 Å². The Balaban J connectivity index is 1.58. The normalized spacial score (nSPS) is 16.1. The second-order valence-electron chi connectivity index (χ2n) is 6.30. The number of rotatable bonds is 6. The highest BCUT2D eigenvalue weighted by Crippen LogP contribution is 2.28. The molecule has 0 saturated heterocycles. The van der Waals surface area contributed by atoms with Crippen molar-refractivity contribution in [3.05, 3.63) is 36.2 Å². The van der Waals surface area contributed by atoms with Crippen molar-refractivity contribution in [2.75, 3.05) is 0 Å². The molecule has 0 spiro atoms. The van der Waals surface area contributed by atoms with E-state index in [1.54, 1.807) is 0 Å². The first kappa shape index (κ1) is 14.3. The second kappa shape index (κ2) is 6.43. The molecule has 2 heterocycles. The first-order valence-corrected chi connectivity index (χ1v) is 7.99. The fraction of sp³-hybridized carbons (Fsp3) is 0.625. The van der Waals surface area contributed by atoms with Crippen LogP contribution in [0.2, 0.25) is 0 Å². The average molecular weight is 287 g/mol. The van der Waals surface area contributed by atoms with E-state index in [0.717, 1.165) is 24.5 Å². The SMILES string of the molecule is CC(C)NCc1cn(Cc2ccn(C3CCCC3)n2)cn1. The van der Waals surface area contributed by atoms with Gasteiger partial charge in [0.05, 0.1) is 30.3 Å². The number of imidazole rings is 1. The van der Waals surface area contributed by atoms with Gasteiger partial charge in [-0.25, -0.2) is 4.98 Å². The number of nitrogens with zero attached hydrogens (tertiary/aromatic N) is 4. The van der Waals surface area contributed by atoms with E-state index in [4.69, 9.17) is 5.10 Å². The van der Waals surface area contributed by atoms with Crippen molar-refractivity contribution in [3.8, 4) is 0 Å². The summed E-state index contributed by atoms with van der Waals surface area (Å²) in [6.07, 6.45) is 11.4. The van der Waals surface area contributed by atoms with Gasteiger partial charge in [0, 0.05) is 25.0 Å². The number of hydrogen-bond donors (Lipinski definition) is 1. The van der Waals surface area contributed by atoms with Crippen LogP contribution in [0.1, 0.15) is 57.0 Å². The van der Waals surface area contributed by atoms with Crippen LogP contribution in [0.15, 0.2) is 24.8 Å². The highest BCUT2D eigenvalue weighted by Gasteiger charge is 2.17. The number of hydrogen-bond acceptors (Lipinski definition) is 3. The van der Waals surface area contributed by atoms with Crippen LogP contribution in [-0.2, 0) is 13.1 Å². The molecule has 0 amide bonds. The molecule has 0 atom stereocenters. The summed E-state index contributed by atoms with van der Waals surface area (Å²) in [6, 6.07) is 3.23. The zero-order valence-electron chi connectivity index (χ0n) is 13.0. The molecule has 0 bridgehead atoms. The van der Waals surface area contributed by atoms with Crippen molar-refractivity contribution in [1.29, 1.82) is 0 Å². The predicted octanol–water partition coefficient (Wildman–Crippen LogP) is 2.74. The van der Waals surface area contributed by atoms with Gasteiger partial charge in [0.25, 0.3) is 0 Å². The molecule has 5 heteroatoms. The molecule has 1 N–H and O–H groups in total. The van der Waals surface area contributed by atoms with Crippen molar-refractivity contribution >= 4 is 0 Å². The minimum absolute atomic E-state index is 0.484. The molecule has 5 nitrogen and oxygen atoms in total. The molecule has 1 aliphatic carbocycles. The monoisotopic (exact) mass is 287 g/mol. The standard InChI is InChI=1S/C16H25N5/c1-13(2)17-9-15-11-20(12-18-15)10-14-7-8-21(19-14)16-5-3-4-6-16/h7-8,11-13,16-17H,3-6,9-10H2,1-2H3. The van der Waals surface area contributed by atoms with E-state index in [0.29, 0.717) is 12.1 Å². The molecule has 21 heavy (non-hydrogen) atoms. The van der Waals surface area contributed by atoms with Crippen molar-refractivity contribution in [2.24, 2.45) is 0 Å². The van der Waals surface area contributed by atoms with Gasteiger partial charge in [-0.05, 0) is 18.9 Å². The average Bonchev–Trinajstić information content (AvgIpc) is 3.18. The van der Waals surface area contributed by atoms with Gasteiger partial charge in [0.15, 0.2) is 0 Å². The summed E-state index contributed by atoms with van der Waals surface area (Å²) in [5.41, 5.74) is 2.20. The summed E-state index contributed by atoms with van der Waals surface area (Å²) in [6.45, 7) is 5.91. The van der Waals surface area contributed by atoms with Crippen molar-refractivity contribution in [1.82, 2.24) is 24.6 Å². The van der Waals surface area contributed by atoms with Gasteiger partial charge < -0.3 is 9.88 Å². The molecule has 114 valence electrons. The van der Waals surface area contributed by atoms with Crippen LogP contribution in [0, 0.1) is 0 Å². The van der Waals surface area contributed by atoms with Crippen molar-refractivity contribution < 1.29 is 0 Å². The molecule has 3 rings (SSSR count). The van der Waals surface area contributed by atoms with Crippen LogP contribution in [0.3, 0.4) is 0 Å². The van der Waals surface area contributed by atoms with E-state index in [9.17, 15) is 0 Å². The van der Waals surface area contributed by atoms with Crippen LogP contribution in [0.5, 0.6) is 0 Å². The Morgan fingerprint density at radius 1 is 1.29 bits per heavy atom. The summed E-state index contributed by atoms with van der Waals surface area (Å²) in [4.78, 5) is 4.43. The third kappa shape index (κ3) is 3.73. The Kier molecular flexibility index (Phi) is 4.39. The molecule has 0 radical (unpaired) electrons. The third-order valence-electron chi connectivity index (χ3n) is 4.09. The third-order valence-corrected chi connectivity index (χ3v) is 4.09. The molecular weight excluding hydrogens is 262 g/mol. The molecule has 2 aromatic heterocycles. The molecule has 1 aliphatic rings. The smallest absolute Gasteiger partial charge is 0.0953 e. The Hall–Kier alpha value is -1.62. The van der Waals surface area contributed by atoms with Crippen LogP contribution in [0.4, 0.5) is 0 Å². The number of nitrogens with one attached hydrogen (secondary N) is 1. The minimum atomic E-state index is 0.484. The van der Waals surface area contributed by atoms with E-state index in [1.165, 1.54) is 25.7 Å². The molecular formula is C16H25N5. The lowest BCUT2D eigenvalue weighted by atomic mass is 10.3. The van der Waals surface area contributed by atoms with Gasteiger partial charge in [-0.1, -0.05) is 26.7 Å². The summed E-state index contributed by atoms with van der Waals surface area (Å²) in [7, 11) is 0. The summed E-state index contributed by atoms with van der Waals surface area (Å²) in [5.74, 6) is 0. The van der Waals surface area contributed by atoms with Gasteiger partial charge in [0.1, 0.15) is 0 Å². The maximum Gasteiger partial charge on any atom is 0.0953 e. The van der Waals surface area contributed by atoms with Gasteiger partial charge in [0.2, 0.25) is 0 Å². The Morgan fingerprint density at radius 2 is 2.10 bits per heavy atom. The van der Waals surface area contributed by atoms with E-state index in [2.05, 4.69) is 51.9 Å². The predicted molar refractivity (Wildman–Crippen MR) is 83.0 cm³/mol. The molecule has 2 aromatic rings. The van der Waals surface area contributed by atoms with Gasteiger partial charge in [-0.2, -0.15) is 5.10 Å². The molecule has 1 fully saturated rings. The maximum atomic E-state index is 4.72. The van der Waals surface area contributed by atoms with Gasteiger partial charge >= 0.3 is 0 Å². The molecule has 0 aliphatic heterocycles. The lowest BCUT2D eigenvalue weighted by Gasteiger charge is -2.08. The molecule has 0 unspecified atom stereocenters. The lowest BCUT2D eigenvalue weighted by molar-refractivity contribution is 0.461. The molecule has 1 saturated carbocycles. The van der Waals surface area contributed by atoms with E-state index >= 15 is 0 Å².